The fourth-order valence-corrected chi connectivity index (χ4v) is 14.8. The Bertz CT molecular complexity index is 689. The Labute approximate surface area is 192 Å². The van der Waals surface area contributed by atoms with Gasteiger partial charge in [0.1, 0.15) is 5.75 Å². The Hall–Kier alpha value is -0.276. The molecule has 1 aromatic carbocycles. The molecule has 0 aliphatic heterocycles. The summed E-state index contributed by atoms with van der Waals surface area (Å²) in [5.41, 5.74) is 3.63. The monoisotopic (exact) mass is 497 g/mol. The maximum Gasteiger partial charge on any atom is 0.717 e. The molecule has 0 saturated carbocycles. The van der Waals surface area contributed by atoms with Crippen molar-refractivity contribution in [3.8, 4) is 5.75 Å². The lowest BCUT2D eigenvalue weighted by Crippen LogP contribution is -2.64. The van der Waals surface area contributed by atoms with Gasteiger partial charge in [-0.05, 0) is 90.8 Å². The second kappa shape index (κ2) is 10.6. The quantitative estimate of drug-likeness (QED) is 0.314. The molecule has 9 heteroatoms. The summed E-state index contributed by atoms with van der Waals surface area (Å²) in [4.78, 5) is 0. The molecule has 0 saturated heterocycles. The van der Waals surface area contributed by atoms with Gasteiger partial charge in [-0.25, -0.2) is 0 Å². The van der Waals surface area contributed by atoms with Crippen LogP contribution >= 0.6 is 0 Å². The number of para-hydroxylation sites is 1. The van der Waals surface area contributed by atoms with Crippen LogP contribution in [0, 0.1) is 0 Å². The predicted octanol–water partition coefficient (Wildman–Crippen LogP) is 6.83. The third-order valence-corrected chi connectivity index (χ3v) is 15.0. The van der Waals surface area contributed by atoms with Crippen LogP contribution in [-0.2, 0) is 12.3 Å². The van der Waals surface area contributed by atoms with Gasteiger partial charge in [-0.3, -0.25) is 0 Å². The highest BCUT2D eigenvalue weighted by atomic mass is 28.5. The maximum atomic E-state index is 6.74. The zero-order valence-corrected chi connectivity index (χ0v) is 25.9. The predicted molar refractivity (Wildman–Crippen MR) is 140 cm³/mol. The van der Waals surface area contributed by atoms with E-state index in [9.17, 15) is 0 Å². The minimum absolute atomic E-state index is 0.782. The molecule has 0 N–H and O–H groups in total. The lowest BCUT2D eigenvalue weighted by molar-refractivity contribution is 0.152. The fraction of sp³-hybridized carbons (Fsp3) is 0.619. The Morgan fingerprint density at radius 2 is 1.20 bits per heavy atom. The van der Waals surface area contributed by atoms with E-state index >= 15 is 0 Å². The summed E-state index contributed by atoms with van der Waals surface area (Å²) in [6.45, 7) is 23.8. The molecule has 0 amide bonds. The normalized spacial score (nSPS) is 14.5. The minimum atomic E-state index is -3.42. The van der Waals surface area contributed by atoms with Crippen LogP contribution in [0.5, 0.6) is 5.75 Å². The van der Waals surface area contributed by atoms with Crippen LogP contribution in [0.25, 0.3) is 5.57 Å². The second-order valence-corrected chi connectivity index (χ2v) is 27.5. The van der Waals surface area contributed by atoms with Gasteiger partial charge in [-0.2, -0.15) is 0 Å². The van der Waals surface area contributed by atoms with Crippen LogP contribution in [0.1, 0.15) is 25.8 Å². The minimum Gasteiger partial charge on any atom is -0.481 e. The van der Waals surface area contributed by atoms with Gasteiger partial charge in [0.15, 0.2) is 25.0 Å². The lowest BCUT2D eigenvalue weighted by Gasteiger charge is -2.40. The average molecular weight is 498 g/mol. The summed E-state index contributed by atoms with van der Waals surface area (Å²) in [5.74, 6) is 0.782. The average Bonchev–Trinajstić information content (AvgIpc) is 2.49. The summed E-state index contributed by atoms with van der Waals surface area (Å²) < 4.78 is 26.8. The van der Waals surface area contributed by atoms with Gasteiger partial charge in [0.05, 0.1) is 0 Å². The molecule has 3 radical (unpaired) electrons. The van der Waals surface area contributed by atoms with Gasteiger partial charge in [-0.1, -0.05) is 29.8 Å². The number of hydrogen-bond donors (Lipinski definition) is 0. The molecule has 1 rings (SSSR count). The molecular formula is C21H41O4Si5. The zero-order chi connectivity index (χ0) is 23.4. The SMILES string of the molecule is CC(CC[Si])=C(C)c1ccccc1O[Si](O[Si](C)(C)C)(O[Si](C)(C)C)O[Si](C)(C)C. The lowest BCUT2D eigenvalue weighted by atomic mass is 10.0. The number of benzene rings is 1. The fourth-order valence-electron chi connectivity index (χ4n) is 2.86. The molecule has 4 nitrogen and oxygen atoms in total. The summed E-state index contributed by atoms with van der Waals surface area (Å²) in [6.07, 6.45) is 0.988. The van der Waals surface area contributed by atoms with Crippen molar-refractivity contribution in [2.75, 3.05) is 0 Å². The van der Waals surface area contributed by atoms with E-state index in [1.165, 1.54) is 11.1 Å². The third-order valence-electron chi connectivity index (χ3n) is 3.96. The highest BCUT2D eigenvalue weighted by Gasteiger charge is 2.56. The van der Waals surface area contributed by atoms with Crippen molar-refractivity contribution in [3.63, 3.8) is 0 Å². The maximum absolute atomic E-state index is 6.74. The highest BCUT2D eigenvalue weighted by molar-refractivity contribution is 6.88. The summed E-state index contributed by atoms with van der Waals surface area (Å²) in [5, 5.41) is 0. The van der Waals surface area contributed by atoms with E-state index in [0.717, 1.165) is 23.8 Å². The van der Waals surface area contributed by atoms with E-state index in [4.69, 9.17) is 16.8 Å². The smallest absolute Gasteiger partial charge is 0.481 e. The molecule has 0 heterocycles. The van der Waals surface area contributed by atoms with Gasteiger partial charge in [0.2, 0.25) is 0 Å². The molecular weight excluding hydrogens is 457 g/mol. The van der Waals surface area contributed by atoms with E-state index in [1.807, 2.05) is 18.2 Å². The Morgan fingerprint density at radius 3 is 1.60 bits per heavy atom. The largest absolute Gasteiger partial charge is 0.717 e. The van der Waals surface area contributed by atoms with Crippen molar-refractivity contribution in [2.24, 2.45) is 0 Å². The number of allylic oxidation sites excluding steroid dienone is 2. The van der Waals surface area contributed by atoms with Gasteiger partial charge in [0.25, 0.3) is 0 Å². The van der Waals surface area contributed by atoms with Crippen molar-refractivity contribution in [2.45, 2.75) is 85.2 Å². The van der Waals surface area contributed by atoms with E-state index in [-0.39, 0.29) is 0 Å². The summed E-state index contributed by atoms with van der Waals surface area (Å²) in [7, 11) is -5.86. The molecule has 0 bridgehead atoms. The molecule has 1 aromatic rings. The first-order valence-corrected chi connectivity index (χ1v) is 23.2. The van der Waals surface area contributed by atoms with Gasteiger partial charge >= 0.3 is 9.05 Å². The standard InChI is InChI=1S/C21H41O4Si5/c1-18(16-17-26)19(2)20-14-12-13-15-21(20)22-30(23-27(3,4)5,24-28(6,7)8)25-29(9,10)11/h12-15H,16-17H2,1-11H3. The van der Waals surface area contributed by atoms with Crippen LogP contribution < -0.4 is 4.43 Å². The second-order valence-electron chi connectivity index (χ2n) is 10.6. The van der Waals surface area contributed by atoms with Crippen LogP contribution in [0.2, 0.25) is 65.0 Å². The molecule has 0 aromatic heterocycles. The number of hydrogen-bond acceptors (Lipinski definition) is 4. The van der Waals surface area contributed by atoms with Gasteiger partial charge in [0, 0.05) is 15.8 Å². The van der Waals surface area contributed by atoms with Crippen LogP contribution in [0.3, 0.4) is 0 Å². The molecule has 169 valence electrons. The van der Waals surface area contributed by atoms with Crippen molar-refractivity contribution in [1.82, 2.24) is 0 Å². The molecule has 0 spiro atoms. The van der Waals surface area contributed by atoms with E-state index in [1.54, 1.807) is 0 Å². The first-order chi connectivity index (χ1) is 13.5. The summed E-state index contributed by atoms with van der Waals surface area (Å²) in [6, 6.07) is 9.10. The van der Waals surface area contributed by atoms with Crippen molar-refractivity contribution in [3.05, 3.63) is 35.4 Å². The van der Waals surface area contributed by atoms with Crippen molar-refractivity contribution < 1.29 is 16.8 Å². The highest BCUT2D eigenvalue weighted by Crippen LogP contribution is 2.34. The van der Waals surface area contributed by atoms with Crippen molar-refractivity contribution in [1.29, 1.82) is 0 Å². The summed E-state index contributed by atoms with van der Waals surface area (Å²) >= 11 is 0. The van der Waals surface area contributed by atoms with Crippen molar-refractivity contribution >= 4 is 49.8 Å². The topological polar surface area (TPSA) is 36.9 Å². The first-order valence-electron chi connectivity index (χ1n) is 10.7. The molecule has 0 fully saturated rings. The van der Waals surface area contributed by atoms with Gasteiger partial charge in [-0.15, -0.1) is 0 Å². The molecule has 0 aliphatic rings. The van der Waals surface area contributed by atoms with Gasteiger partial charge < -0.3 is 16.8 Å². The van der Waals surface area contributed by atoms with E-state index in [2.05, 4.69) is 89.1 Å². The Balaban J connectivity index is 3.59. The first kappa shape index (κ1) is 27.8. The molecule has 0 unspecified atom stereocenters. The zero-order valence-electron chi connectivity index (χ0n) is 20.9. The molecule has 30 heavy (non-hydrogen) atoms. The van der Waals surface area contributed by atoms with Crippen LogP contribution in [0.4, 0.5) is 0 Å². The Morgan fingerprint density at radius 1 is 0.767 bits per heavy atom. The molecule has 0 atom stereocenters. The van der Waals surface area contributed by atoms with E-state index < -0.39 is 34.0 Å². The van der Waals surface area contributed by atoms with Crippen LogP contribution in [0.15, 0.2) is 29.8 Å². The van der Waals surface area contributed by atoms with Crippen LogP contribution in [-0.4, -0.2) is 44.2 Å². The van der Waals surface area contributed by atoms with E-state index in [0.29, 0.717) is 0 Å². The number of rotatable bonds is 11. The molecule has 0 aliphatic carbocycles. The Kier molecular flexibility index (Phi) is 9.77. The third kappa shape index (κ3) is 9.90.